The maximum absolute atomic E-state index is 2.39. The van der Waals surface area contributed by atoms with E-state index in [0.717, 1.165) is 11.8 Å². The molecule has 0 saturated heterocycles. The van der Waals surface area contributed by atoms with Gasteiger partial charge in [-0.3, -0.25) is 0 Å². The lowest BCUT2D eigenvalue weighted by Crippen LogP contribution is -2.22. The lowest BCUT2D eigenvalue weighted by atomic mass is 9.91. The van der Waals surface area contributed by atoms with Gasteiger partial charge in [-0.15, -0.1) is 0 Å². The first-order valence-electron chi connectivity index (χ1n) is 5.30. The highest BCUT2D eigenvalue weighted by Crippen LogP contribution is 2.17. The number of hydrogen-bond donors (Lipinski definition) is 0. The second kappa shape index (κ2) is 6.47. The van der Waals surface area contributed by atoms with Gasteiger partial charge in [-0.25, -0.2) is 0 Å². The smallest absolute Gasteiger partial charge is 0.00193 e. The van der Waals surface area contributed by atoms with Crippen LogP contribution in [0.5, 0.6) is 0 Å². The number of nitrogens with zero attached hydrogens (tertiary/aromatic N) is 1. The first-order chi connectivity index (χ1) is 5.61. The fraction of sp³-hybridized carbons (Fsp3) is 1.00. The molecular weight excluding hydrogens is 146 g/mol. The van der Waals surface area contributed by atoms with Crippen LogP contribution in [-0.4, -0.2) is 25.0 Å². The Morgan fingerprint density at radius 2 is 1.67 bits per heavy atom. The summed E-state index contributed by atoms with van der Waals surface area (Å²) in [6, 6.07) is 0. The third-order valence-electron chi connectivity index (χ3n) is 3.12. The Hall–Kier alpha value is -0.0400. The molecule has 1 heteroatoms. The van der Waals surface area contributed by atoms with Crippen molar-refractivity contribution < 1.29 is 0 Å². The number of rotatable bonds is 6. The highest BCUT2D eigenvalue weighted by molar-refractivity contribution is 4.62. The van der Waals surface area contributed by atoms with Crippen molar-refractivity contribution in [2.24, 2.45) is 11.8 Å². The molecule has 74 valence electrons. The molecule has 0 aromatic rings. The molecule has 0 saturated carbocycles. The Balaban J connectivity index is 3.49. The van der Waals surface area contributed by atoms with Crippen molar-refractivity contribution >= 4 is 0 Å². The van der Waals surface area contributed by atoms with Crippen molar-refractivity contribution in [3.8, 4) is 0 Å². The van der Waals surface area contributed by atoms with Gasteiger partial charge in [0.05, 0.1) is 0 Å². The van der Waals surface area contributed by atoms with Crippen LogP contribution < -0.4 is 0 Å². The molecule has 0 aliphatic rings. The van der Waals surface area contributed by atoms with Gasteiger partial charge in [0.15, 0.2) is 0 Å². The van der Waals surface area contributed by atoms with E-state index in [1.54, 1.807) is 0 Å². The summed E-state index contributed by atoms with van der Waals surface area (Å²) in [6.45, 7) is 11.7. The van der Waals surface area contributed by atoms with Gasteiger partial charge in [0.25, 0.3) is 0 Å². The quantitative estimate of drug-likeness (QED) is 0.594. The molecule has 0 spiro atoms. The fourth-order valence-corrected chi connectivity index (χ4v) is 1.27. The van der Waals surface area contributed by atoms with Crippen LogP contribution in [0.4, 0.5) is 0 Å². The molecule has 2 atom stereocenters. The van der Waals surface area contributed by atoms with Crippen molar-refractivity contribution in [2.45, 2.75) is 40.5 Å². The minimum Gasteiger partial charge on any atom is -0.307 e. The summed E-state index contributed by atoms with van der Waals surface area (Å²) in [6.07, 6.45) is 2.66. The van der Waals surface area contributed by atoms with E-state index in [9.17, 15) is 0 Å². The minimum absolute atomic E-state index is 0.879. The minimum atomic E-state index is 0.879. The molecule has 0 amide bonds. The predicted octanol–water partition coefficient (Wildman–Crippen LogP) is 3.01. The van der Waals surface area contributed by atoms with Gasteiger partial charge in [-0.05, 0) is 38.4 Å². The van der Waals surface area contributed by atoms with Crippen LogP contribution in [0.1, 0.15) is 40.5 Å². The van der Waals surface area contributed by atoms with Crippen molar-refractivity contribution in [1.29, 1.82) is 0 Å². The Morgan fingerprint density at radius 1 is 1.08 bits per heavy atom. The van der Waals surface area contributed by atoms with E-state index in [1.165, 1.54) is 25.9 Å². The van der Waals surface area contributed by atoms with Gasteiger partial charge >= 0.3 is 0 Å². The maximum atomic E-state index is 2.39. The van der Waals surface area contributed by atoms with Gasteiger partial charge in [0.2, 0.25) is 0 Å². The van der Waals surface area contributed by atoms with Gasteiger partial charge in [-0.2, -0.15) is 0 Å². The van der Waals surface area contributed by atoms with Crippen LogP contribution >= 0.6 is 0 Å². The zero-order valence-corrected chi connectivity index (χ0v) is 9.43. The Kier molecular flexibility index (Phi) is 6.45. The Bertz CT molecular complexity index is 101. The Labute approximate surface area is 78.1 Å². The van der Waals surface area contributed by atoms with Crippen molar-refractivity contribution in [3.05, 3.63) is 0 Å². The maximum Gasteiger partial charge on any atom is -0.00193 e. The van der Waals surface area contributed by atoms with E-state index < -0.39 is 0 Å². The molecule has 0 aromatic carbocycles. The molecule has 0 radical (unpaired) electrons. The van der Waals surface area contributed by atoms with Gasteiger partial charge in [-0.1, -0.05) is 34.1 Å². The zero-order chi connectivity index (χ0) is 9.56. The third-order valence-corrected chi connectivity index (χ3v) is 3.12. The van der Waals surface area contributed by atoms with Crippen LogP contribution in [0.3, 0.4) is 0 Å². The molecule has 0 fully saturated rings. The van der Waals surface area contributed by atoms with Crippen LogP contribution in [0.2, 0.25) is 0 Å². The van der Waals surface area contributed by atoms with Crippen LogP contribution in [0.25, 0.3) is 0 Å². The summed E-state index contributed by atoms with van der Waals surface area (Å²) in [7, 11) is 2.20. The lowest BCUT2D eigenvalue weighted by Gasteiger charge is -2.21. The van der Waals surface area contributed by atoms with E-state index in [4.69, 9.17) is 0 Å². The second-order valence-electron chi connectivity index (χ2n) is 4.05. The zero-order valence-electron chi connectivity index (χ0n) is 9.43. The molecule has 0 N–H and O–H groups in total. The molecule has 0 bridgehead atoms. The Morgan fingerprint density at radius 3 is 2.08 bits per heavy atom. The number of hydrogen-bond acceptors (Lipinski definition) is 1. The molecule has 12 heavy (non-hydrogen) atoms. The summed E-state index contributed by atoms with van der Waals surface area (Å²) >= 11 is 0. The second-order valence-corrected chi connectivity index (χ2v) is 4.05. The van der Waals surface area contributed by atoms with E-state index in [0.29, 0.717) is 0 Å². The summed E-state index contributed by atoms with van der Waals surface area (Å²) in [5, 5.41) is 0. The topological polar surface area (TPSA) is 3.24 Å². The monoisotopic (exact) mass is 171 g/mol. The van der Waals surface area contributed by atoms with Gasteiger partial charge in [0.1, 0.15) is 0 Å². The molecule has 0 aliphatic heterocycles. The highest BCUT2D eigenvalue weighted by atomic mass is 15.1. The summed E-state index contributed by atoms with van der Waals surface area (Å²) in [5.41, 5.74) is 0. The molecule has 0 aromatic heterocycles. The first-order valence-corrected chi connectivity index (χ1v) is 5.30. The molecule has 0 aliphatic carbocycles. The van der Waals surface area contributed by atoms with Gasteiger partial charge < -0.3 is 4.90 Å². The first kappa shape index (κ1) is 12.0. The van der Waals surface area contributed by atoms with E-state index in [-0.39, 0.29) is 0 Å². The van der Waals surface area contributed by atoms with Gasteiger partial charge in [0, 0.05) is 0 Å². The van der Waals surface area contributed by atoms with Crippen LogP contribution in [-0.2, 0) is 0 Å². The average Bonchev–Trinajstić information content (AvgIpc) is 2.11. The molecule has 0 rings (SSSR count). The lowest BCUT2D eigenvalue weighted by molar-refractivity contribution is 0.278. The van der Waals surface area contributed by atoms with E-state index in [1.807, 2.05) is 0 Å². The standard InChI is InChI=1S/C11H25N/c1-6-10(3)11(4)8-9-12(5)7-2/h10-11H,6-9H2,1-5H3. The highest BCUT2D eigenvalue weighted by Gasteiger charge is 2.09. The van der Waals surface area contributed by atoms with Crippen molar-refractivity contribution in [2.75, 3.05) is 20.1 Å². The van der Waals surface area contributed by atoms with Crippen LogP contribution in [0, 0.1) is 11.8 Å². The molecule has 1 nitrogen and oxygen atoms in total. The van der Waals surface area contributed by atoms with Crippen molar-refractivity contribution in [1.82, 2.24) is 4.90 Å². The third kappa shape index (κ3) is 4.76. The molecule has 0 heterocycles. The summed E-state index contributed by atoms with van der Waals surface area (Å²) in [4.78, 5) is 2.39. The largest absolute Gasteiger partial charge is 0.307 e. The van der Waals surface area contributed by atoms with Crippen molar-refractivity contribution in [3.63, 3.8) is 0 Å². The SMILES string of the molecule is CCC(C)C(C)CCN(C)CC. The normalized spacial score (nSPS) is 16.5. The van der Waals surface area contributed by atoms with E-state index >= 15 is 0 Å². The molecular formula is C11H25N. The summed E-state index contributed by atoms with van der Waals surface area (Å²) < 4.78 is 0. The van der Waals surface area contributed by atoms with Crippen LogP contribution in [0.15, 0.2) is 0 Å². The van der Waals surface area contributed by atoms with E-state index in [2.05, 4.69) is 39.6 Å². The molecule has 2 unspecified atom stereocenters. The predicted molar refractivity (Wildman–Crippen MR) is 56.4 cm³/mol. The summed E-state index contributed by atoms with van der Waals surface area (Å²) in [5.74, 6) is 1.76. The fourth-order valence-electron chi connectivity index (χ4n) is 1.27. The average molecular weight is 171 g/mol.